The summed E-state index contributed by atoms with van der Waals surface area (Å²) in [7, 11) is -3.00. The molecule has 138 valence electrons. The van der Waals surface area contributed by atoms with Crippen LogP contribution in [0, 0.1) is 13.8 Å². The molecule has 2 aromatic rings. The maximum Gasteiger partial charge on any atom is 0.202 e. The zero-order valence-corrected chi connectivity index (χ0v) is 15.6. The van der Waals surface area contributed by atoms with E-state index in [0.717, 1.165) is 17.7 Å². The van der Waals surface area contributed by atoms with E-state index in [2.05, 4.69) is 0 Å². The summed E-state index contributed by atoms with van der Waals surface area (Å²) in [5, 5.41) is 0. The lowest BCUT2D eigenvalue weighted by molar-refractivity contribution is 0.0920. The first-order valence-corrected chi connectivity index (χ1v) is 10.2. The highest BCUT2D eigenvalue weighted by Crippen LogP contribution is 2.29. The number of sulfone groups is 1. The minimum absolute atomic E-state index is 0.113. The molecule has 0 N–H and O–H groups in total. The van der Waals surface area contributed by atoms with E-state index in [1.165, 1.54) is 0 Å². The van der Waals surface area contributed by atoms with Crippen molar-refractivity contribution < 1.29 is 22.7 Å². The van der Waals surface area contributed by atoms with Gasteiger partial charge in [0.25, 0.3) is 0 Å². The molecule has 1 unspecified atom stereocenters. The molecule has 7 heteroatoms. The van der Waals surface area contributed by atoms with Crippen molar-refractivity contribution in [2.75, 3.05) is 18.1 Å². The molecule has 1 aliphatic heterocycles. The van der Waals surface area contributed by atoms with Crippen LogP contribution in [-0.2, 0) is 9.84 Å². The zero-order valence-electron chi connectivity index (χ0n) is 14.8. The summed E-state index contributed by atoms with van der Waals surface area (Å²) in [5.41, 5.74) is 2.74. The number of rotatable bonds is 6. The van der Waals surface area contributed by atoms with Crippen LogP contribution >= 0.6 is 0 Å². The number of ketones is 1. The number of nitrogens with zero attached hydrogens (tertiary/aromatic N) is 1. The lowest BCUT2D eigenvalue weighted by Gasteiger charge is -2.16. The number of aromatic nitrogens is 1. The minimum Gasteiger partial charge on any atom is -0.485 e. The Morgan fingerprint density at radius 1 is 1.27 bits per heavy atom. The monoisotopic (exact) mass is 375 g/mol. The Balaban J connectivity index is 1.73. The van der Waals surface area contributed by atoms with Gasteiger partial charge >= 0.3 is 0 Å². The third-order valence-corrected chi connectivity index (χ3v) is 6.49. The van der Waals surface area contributed by atoms with E-state index < -0.39 is 9.84 Å². The van der Waals surface area contributed by atoms with Gasteiger partial charge in [-0.05, 0) is 50.6 Å². The summed E-state index contributed by atoms with van der Waals surface area (Å²) in [6.45, 7) is 3.60. The van der Waals surface area contributed by atoms with E-state index in [1.807, 2.05) is 18.4 Å². The minimum atomic E-state index is -3.00. The Labute approximate surface area is 152 Å². The Morgan fingerprint density at radius 3 is 2.54 bits per heavy atom. The predicted molar refractivity (Wildman–Crippen MR) is 97.9 cm³/mol. The second kappa shape index (κ2) is 7.07. The van der Waals surface area contributed by atoms with Crippen LogP contribution in [0.15, 0.2) is 30.3 Å². The van der Waals surface area contributed by atoms with Crippen LogP contribution in [0.1, 0.15) is 44.6 Å². The molecule has 0 radical (unpaired) electrons. The molecule has 3 rings (SSSR count). The van der Waals surface area contributed by atoms with Crippen LogP contribution in [0.2, 0.25) is 0 Å². The van der Waals surface area contributed by atoms with Gasteiger partial charge in [-0.25, -0.2) is 8.42 Å². The fourth-order valence-corrected chi connectivity index (χ4v) is 5.17. The normalized spacial score (nSPS) is 18.6. The number of ether oxygens (including phenoxy) is 1. The Kier molecular flexibility index (Phi) is 5.00. The quantitative estimate of drug-likeness (QED) is 0.572. The van der Waals surface area contributed by atoms with Gasteiger partial charge in [-0.1, -0.05) is 0 Å². The van der Waals surface area contributed by atoms with Crippen molar-refractivity contribution in [2.24, 2.45) is 0 Å². The molecule has 0 amide bonds. The molecule has 26 heavy (non-hydrogen) atoms. The number of aldehydes is 1. The lowest BCUT2D eigenvalue weighted by atomic mass is 10.1. The first-order chi connectivity index (χ1) is 12.3. The molecular weight excluding hydrogens is 354 g/mol. The zero-order chi connectivity index (χ0) is 18.9. The van der Waals surface area contributed by atoms with Gasteiger partial charge in [0, 0.05) is 28.6 Å². The van der Waals surface area contributed by atoms with Crippen LogP contribution in [0.4, 0.5) is 0 Å². The maximum absolute atomic E-state index is 12.6. The van der Waals surface area contributed by atoms with Crippen molar-refractivity contribution in [3.63, 3.8) is 0 Å². The molecule has 1 aliphatic rings. The van der Waals surface area contributed by atoms with E-state index >= 15 is 0 Å². The molecule has 1 fully saturated rings. The highest BCUT2D eigenvalue weighted by atomic mass is 32.2. The molecular formula is C19H21NO5S. The van der Waals surface area contributed by atoms with Gasteiger partial charge in [-0.15, -0.1) is 0 Å². The van der Waals surface area contributed by atoms with Gasteiger partial charge in [0.2, 0.25) is 5.78 Å². The summed E-state index contributed by atoms with van der Waals surface area (Å²) < 4.78 is 31.0. The van der Waals surface area contributed by atoms with Crippen LogP contribution < -0.4 is 4.74 Å². The molecule has 0 bridgehead atoms. The summed E-state index contributed by atoms with van der Waals surface area (Å²) in [4.78, 5) is 23.2. The molecule has 2 heterocycles. The molecule has 6 nitrogen and oxygen atoms in total. The van der Waals surface area contributed by atoms with E-state index in [4.69, 9.17) is 4.74 Å². The third kappa shape index (κ3) is 3.72. The summed E-state index contributed by atoms with van der Waals surface area (Å²) in [6, 6.07) is 8.21. The third-order valence-electron chi connectivity index (χ3n) is 4.74. The lowest BCUT2D eigenvalue weighted by Crippen LogP contribution is -2.16. The number of benzene rings is 1. The van der Waals surface area contributed by atoms with Gasteiger partial charge < -0.3 is 9.30 Å². The Hall–Kier alpha value is -2.41. The van der Waals surface area contributed by atoms with Gasteiger partial charge in [0.1, 0.15) is 12.0 Å². The molecule has 0 spiro atoms. The molecule has 0 aliphatic carbocycles. The average molecular weight is 375 g/mol. The van der Waals surface area contributed by atoms with E-state index in [1.54, 1.807) is 30.3 Å². The summed E-state index contributed by atoms with van der Waals surface area (Å²) in [6.07, 6.45) is 1.32. The highest BCUT2D eigenvalue weighted by molar-refractivity contribution is 7.91. The molecule has 1 aromatic carbocycles. The fourth-order valence-electron chi connectivity index (χ4n) is 3.47. The SMILES string of the molecule is Cc1cc(C(=O)COc2ccc(C=O)cc2)c(C)n1C1CCS(=O)(=O)C1. The maximum atomic E-state index is 12.6. The van der Waals surface area contributed by atoms with Gasteiger partial charge in [0.05, 0.1) is 11.5 Å². The number of carbonyl (C=O) groups is 2. The number of aryl methyl sites for hydroxylation is 1. The van der Waals surface area contributed by atoms with Crippen LogP contribution in [-0.4, -0.2) is 43.2 Å². The predicted octanol–water partition coefficient (Wildman–Crippen LogP) is 2.54. The standard InChI is InChI=1S/C19H21NO5S/c1-13-9-18(14(2)20(13)16-7-8-26(23,24)12-16)19(22)11-25-17-5-3-15(10-21)4-6-17/h3-6,9-10,16H,7-8,11-12H2,1-2H3. The largest absolute Gasteiger partial charge is 0.485 e. The van der Waals surface area contributed by atoms with Gasteiger partial charge in [-0.2, -0.15) is 0 Å². The van der Waals surface area contributed by atoms with E-state index in [0.29, 0.717) is 23.3 Å². The molecule has 1 aromatic heterocycles. The van der Waals surface area contributed by atoms with Crippen LogP contribution in [0.5, 0.6) is 5.75 Å². The topological polar surface area (TPSA) is 82.4 Å². The van der Waals surface area contributed by atoms with Crippen molar-refractivity contribution >= 4 is 21.9 Å². The Bertz CT molecular complexity index is 941. The average Bonchev–Trinajstić information content (AvgIpc) is 3.11. The second-order valence-corrected chi connectivity index (χ2v) is 8.84. The first-order valence-electron chi connectivity index (χ1n) is 8.41. The molecule has 1 atom stereocenters. The van der Waals surface area contributed by atoms with Crippen molar-refractivity contribution in [1.29, 1.82) is 0 Å². The highest BCUT2D eigenvalue weighted by Gasteiger charge is 2.31. The number of Topliss-reactive ketones (excluding diaryl/α,β-unsaturated/α-hetero) is 1. The molecule has 0 saturated carbocycles. The van der Waals surface area contributed by atoms with Crippen molar-refractivity contribution in [2.45, 2.75) is 26.3 Å². The summed E-state index contributed by atoms with van der Waals surface area (Å²) in [5.74, 6) is 0.665. The number of hydrogen-bond acceptors (Lipinski definition) is 5. The number of carbonyl (C=O) groups excluding carboxylic acids is 2. The first kappa shape index (κ1) is 18.4. The fraction of sp³-hybridized carbons (Fsp3) is 0.368. The van der Waals surface area contributed by atoms with E-state index in [9.17, 15) is 18.0 Å². The van der Waals surface area contributed by atoms with Crippen LogP contribution in [0.25, 0.3) is 0 Å². The summed E-state index contributed by atoms with van der Waals surface area (Å²) >= 11 is 0. The Morgan fingerprint density at radius 2 is 1.96 bits per heavy atom. The van der Waals surface area contributed by atoms with Gasteiger partial charge in [-0.3, -0.25) is 9.59 Å². The molecule has 1 saturated heterocycles. The van der Waals surface area contributed by atoms with Crippen LogP contribution in [0.3, 0.4) is 0 Å². The van der Waals surface area contributed by atoms with Gasteiger partial charge in [0.15, 0.2) is 16.4 Å². The smallest absolute Gasteiger partial charge is 0.202 e. The van der Waals surface area contributed by atoms with Crippen molar-refractivity contribution in [3.05, 3.63) is 52.8 Å². The number of hydrogen-bond donors (Lipinski definition) is 0. The van der Waals surface area contributed by atoms with Crippen molar-refractivity contribution in [1.82, 2.24) is 4.57 Å². The van der Waals surface area contributed by atoms with E-state index in [-0.39, 0.29) is 29.9 Å². The van der Waals surface area contributed by atoms with Crippen molar-refractivity contribution in [3.8, 4) is 5.75 Å². The second-order valence-electron chi connectivity index (χ2n) is 6.61.